The number of nitrogens with one attached hydrogen (secondary N) is 1. The van der Waals surface area contributed by atoms with E-state index in [4.69, 9.17) is 0 Å². The van der Waals surface area contributed by atoms with E-state index < -0.39 is 12.7 Å². The van der Waals surface area contributed by atoms with E-state index >= 15 is 0 Å². The van der Waals surface area contributed by atoms with E-state index in [9.17, 15) is 18.3 Å². The van der Waals surface area contributed by atoms with E-state index in [2.05, 4.69) is 5.32 Å². The lowest BCUT2D eigenvalue weighted by atomic mass is 9.91. The second-order valence-corrected chi connectivity index (χ2v) is 4.50. The molecule has 0 aliphatic heterocycles. The molecule has 6 heteroatoms. The molecule has 0 amide bonds. The lowest BCUT2D eigenvalue weighted by Crippen LogP contribution is -2.46. The molecule has 0 radical (unpaired) electrons. The number of hydrogen-bond donors (Lipinski definition) is 2. The zero-order chi connectivity index (χ0) is 13.5. The third-order valence-corrected chi connectivity index (χ3v) is 3.15. The summed E-state index contributed by atoms with van der Waals surface area (Å²) < 4.78 is 36.2. The van der Waals surface area contributed by atoms with Gasteiger partial charge >= 0.3 is 6.18 Å². The Kier molecular flexibility index (Phi) is 7.04. The number of rotatable bonds is 8. The van der Waals surface area contributed by atoms with Crippen molar-refractivity contribution in [1.82, 2.24) is 10.2 Å². The van der Waals surface area contributed by atoms with Gasteiger partial charge in [0.2, 0.25) is 0 Å². The monoisotopic (exact) mass is 256 g/mol. The summed E-state index contributed by atoms with van der Waals surface area (Å²) in [5.41, 5.74) is -0.362. The van der Waals surface area contributed by atoms with Crippen molar-refractivity contribution < 1.29 is 18.3 Å². The van der Waals surface area contributed by atoms with Crippen molar-refractivity contribution >= 4 is 0 Å². The molecule has 0 aromatic carbocycles. The Morgan fingerprint density at radius 2 is 1.88 bits per heavy atom. The largest absolute Gasteiger partial charge is 0.401 e. The Balaban J connectivity index is 3.97. The Morgan fingerprint density at radius 3 is 2.24 bits per heavy atom. The molecular weight excluding hydrogens is 233 g/mol. The van der Waals surface area contributed by atoms with Gasteiger partial charge in [-0.15, -0.1) is 0 Å². The fourth-order valence-corrected chi connectivity index (χ4v) is 1.82. The average Bonchev–Trinajstić information content (AvgIpc) is 2.22. The van der Waals surface area contributed by atoms with Crippen molar-refractivity contribution in [3.05, 3.63) is 0 Å². The third kappa shape index (κ3) is 6.85. The topological polar surface area (TPSA) is 35.5 Å². The van der Waals surface area contributed by atoms with Crippen molar-refractivity contribution in [2.45, 2.75) is 37.9 Å². The molecule has 0 aromatic heterocycles. The van der Waals surface area contributed by atoms with E-state index in [1.54, 1.807) is 7.05 Å². The van der Waals surface area contributed by atoms with Crippen LogP contribution in [0.4, 0.5) is 13.2 Å². The summed E-state index contributed by atoms with van der Waals surface area (Å²) in [6.07, 6.45) is -2.10. The Hall–Kier alpha value is -0.330. The highest BCUT2D eigenvalue weighted by Gasteiger charge is 2.29. The maximum Gasteiger partial charge on any atom is 0.401 e. The van der Waals surface area contributed by atoms with Gasteiger partial charge in [0.05, 0.1) is 13.2 Å². The smallest absolute Gasteiger partial charge is 0.394 e. The van der Waals surface area contributed by atoms with Crippen molar-refractivity contribution in [1.29, 1.82) is 0 Å². The van der Waals surface area contributed by atoms with Crippen LogP contribution in [0.25, 0.3) is 0 Å². The van der Waals surface area contributed by atoms with Crippen molar-refractivity contribution in [2.24, 2.45) is 0 Å². The van der Waals surface area contributed by atoms with Gasteiger partial charge in [0.25, 0.3) is 0 Å². The number of likely N-dealkylation sites (N-methyl/N-ethyl adjacent to an activating group) is 1. The quantitative estimate of drug-likeness (QED) is 0.693. The molecule has 0 saturated carbocycles. The maximum absolute atomic E-state index is 12.1. The van der Waals surface area contributed by atoms with Gasteiger partial charge in [0, 0.05) is 5.54 Å². The summed E-state index contributed by atoms with van der Waals surface area (Å²) in [6.45, 7) is 1.45. The molecule has 0 heterocycles. The van der Waals surface area contributed by atoms with E-state index in [0.717, 1.165) is 6.42 Å². The molecule has 0 fully saturated rings. The van der Waals surface area contributed by atoms with Gasteiger partial charge in [0.15, 0.2) is 0 Å². The lowest BCUT2D eigenvalue weighted by molar-refractivity contribution is -0.143. The minimum atomic E-state index is -4.14. The molecule has 0 aliphatic rings. The number of halogens is 3. The highest BCUT2D eigenvalue weighted by molar-refractivity contribution is 4.84. The average molecular weight is 256 g/mol. The van der Waals surface area contributed by atoms with Gasteiger partial charge in [0.1, 0.15) is 0 Å². The van der Waals surface area contributed by atoms with Crippen molar-refractivity contribution in [2.75, 3.05) is 33.8 Å². The first kappa shape index (κ1) is 16.7. The zero-order valence-electron chi connectivity index (χ0n) is 10.8. The molecule has 0 bridgehead atoms. The minimum Gasteiger partial charge on any atom is -0.394 e. The van der Waals surface area contributed by atoms with E-state index in [0.29, 0.717) is 19.4 Å². The third-order valence-electron chi connectivity index (χ3n) is 3.15. The zero-order valence-corrected chi connectivity index (χ0v) is 10.8. The molecule has 0 spiro atoms. The van der Waals surface area contributed by atoms with E-state index in [1.165, 1.54) is 11.9 Å². The molecule has 0 rings (SSSR count). The summed E-state index contributed by atoms with van der Waals surface area (Å²) in [5, 5.41) is 12.3. The first-order valence-electron chi connectivity index (χ1n) is 5.83. The Morgan fingerprint density at radius 1 is 1.29 bits per heavy atom. The second kappa shape index (κ2) is 7.18. The van der Waals surface area contributed by atoms with Crippen LogP contribution in [0.5, 0.6) is 0 Å². The minimum absolute atomic E-state index is 0.00296. The summed E-state index contributed by atoms with van der Waals surface area (Å²) in [4.78, 5) is 1.26. The fraction of sp³-hybridized carbons (Fsp3) is 1.00. The molecule has 0 aliphatic carbocycles. The normalized spacial score (nSPS) is 16.2. The SMILES string of the molecule is CCC(CO)(CCCN(C)CC(F)(F)F)NC. The standard InChI is InChI=1S/C11H23F3N2O/c1-4-10(9-17,15-2)6-5-7-16(3)8-11(12,13)14/h15,17H,4-9H2,1-3H3. The predicted octanol–water partition coefficient (Wildman–Crippen LogP) is 1.62. The first-order valence-corrected chi connectivity index (χ1v) is 5.83. The van der Waals surface area contributed by atoms with Crippen LogP contribution in [-0.4, -0.2) is 55.5 Å². The number of aliphatic hydroxyl groups is 1. The Bertz CT molecular complexity index is 197. The highest BCUT2D eigenvalue weighted by atomic mass is 19.4. The van der Waals surface area contributed by atoms with Crippen LogP contribution < -0.4 is 5.32 Å². The Labute approximate surface area is 101 Å². The van der Waals surface area contributed by atoms with Gasteiger partial charge in [-0.25, -0.2) is 0 Å². The second-order valence-electron chi connectivity index (χ2n) is 4.50. The van der Waals surface area contributed by atoms with E-state index in [1.807, 2.05) is 6.92 Å². The van der Waals surface area contributed by atoms with Crippen LogP contribution in [0.3, 0.4) is 0 Å². The molecule has 0 saturated heterocycles. The van der Waals surface area contributed by atoms with Crippen LogP contribution in [0.1, 0.15) is 26.2 Å². The van der Waals surface area contributed by atoms with Crippen molar-refractivity contribution in [3.63, 3.8) is 0 Å². The molecule has 17 heavy (non-hydrogen) atoms. The molecule has 2 N–H and O–H groups in total. The summed E-state index contributed by atoms with van der Waals surface area (Å²) in [7, 11) is 3.22. The number of aliphatic hydroxyl groups excluding tert-OH is 1. The number of nitrogens with zero attached hydrogens (tertiary/aromatic N) is 1. The van der Waals surface area contributed by atoms with E-state index in [-0.39, 0.29) is 12.1 Å². The number of alkyl halides is 3. The fourth-order valence-electron chi connectivity index (χ4n) is 1.82. The maximum atomic E-state index is 12.1. The van der Waals surface area contributed by atoms with Crippen LogP contribution in [0, 0.1) is 0 Å². The van der Waals surface area contributed by atoms with Crippen LogP contribution in [0.2, 0.25) is 0 Å². The first-order chi connectivity index (χ1) is 7.78. The summed E-state index contributed by atoms with van der Waals surface area (Å²) in [6, 6.07) is 0. The molecular formula is C11H23F3N2O. The van der Waals surface area contributed by atoms with Gasteiger partial charge in [-0.1, -0.05) is 6.92 Å². The van der Waals surface area contributed by atoms with Gasteiger partial charge in [-0.2, -0.15) is 13.2 Å². The molecule has 1 unspecified atom stereocenters. The van der Waals surface area contributed by atoms with Gasteiger partial charge in [-0.3, -0.25) is 4.90 Å². The van der Waals surface area contributed by atoms with Crippen LogP contribution >= 0.6 is 0 Å². The predicted molar refractivity (Wildman–Crippen MR) is 62.0 cm³/mol. The highest BCUT2D eigenvalue weighted by Crippen LogP contribution is 2.18. The molecule has 104 valence electrons. The van der Waals surface area contributed by atoms with Gasteiger partial charge < -0.3 is 10.4 Å². The number of hydrogen-bond acceptors (Lipinski definition) is 3. The van der Waals surface area contributed by atoms with Crippen LogP contribution in [0.15, 0.2) is 0 Å². The lowest BCUT2D eigenvalue weighted by Gasteiger charge is -2.31. The molecule has 1 atom stereocenters. The van der Waals surface area contributed by atoms with Crippen LogP contribution in [-0.2, 0) is 0 Å². The summed E-state index contributed by atoms with van der Waals surface area (Å²) >= 11 is 0. The summed E-state index contributed by atoms with van der Waals surface area (Å²) in [5.74, 6) is 0. The molecule has 3 nitrogen and oxygen atoms in total. The molecule has 0 aromatic rings. The van der Waals surface area contributed by atoms with Crippen molar-refractivity contribution in [3.8, 4) is 0 Å². The van der Waals surface area contributed by atoms with Gasteiger partial charge in [-0.05, 0) is 39.9 Å².